The molecule has 0 bridgehead atoms. The summed E-state index contributed by atoms with van der Waals surface area (Å²) in [7, 11) is 5.08. The Bertz CT molecular complexity index is 315. The van der Waals surface area contributed by atoms with Crippen LogP contribution in [0.4, 0.5) is 0 Å². The van der Waals surface area contributed by atoms with Crippen LogP contribution >= 0.6 is 0 Å². The second-order valence-electron chi connectivity index (χ2n) is 4.89. The monoisotopic (exact) mass is 286 g/mol. The highest BCUT2D eigenvalue weighted by Crippen LogP contribution is 2.10. The van der Waals surface area contributed by atoms with Gasteiger partial charge in [0.1, 0.15) is 6.54 Å². The molecule has 0 aromatic heterocycles. The maximum absolute atomic E-state index is 11.6. The molecule has 7 heteroatoms. The third-order valence-electron chi connectivity index (χ3n) is 2.99. The van der Waals surface area contributed by atoms with Crippen LogP contribution < -0.4 is 10.6 Å². The van der Waals surface area contributed by atoms with Gasteiger partial charge < -0.3 is 25.0 Å². The number of aliphatic imine (C=N–C) groups is 1. The van der Waals surface area contributed by atoms with E-state index in [-0.39, 0.29) is 18.6 Å². The number of carbonyl (C=O) groups excluding carboxylic acids is 1. The Balaban J connectivity index is 2.40. The van der Waals surface area contributed by atoms with E-state index in [1.807, 2.05) is 0 Å². The van der Waals surface area contributed by atoms with E-state index >= 15 is 0 Å². The van der Waals surface area contributed by atoms with Crippen molar-refractivity contribution in [3.8, 4) is 0 Å². The van der Waals surface area contributed by atoms with Gasteiger partial charge in [0, 0.05) is 40.9 Å². The van der Waals surface area contributed by atoms with Crippen LogP contribution in [-0.2, 0) is 14.3 Å². The number of ether oxygens (including phenoxy) is 2. The van der Waals surface area contributed by atoms with Crippen LogP contribution in [0.3, 0.4) is 0 Å². The van der Waals surface area contributed by atoms with E-state index < -0.39 is 0 Å². The molecule has 1 amide bonds. The van der Waals surface area contributed by atoms with Crippen molar-refractivity contribution >= 4 is 11.9 Å². The molecule has 2 N–H and O–H groups in total. The molecule has 7 nitrogen and oxygen atoms in total. The molecule has 20 heavy (non-hydrogen) atoms. The van der Waals surface area contributed by atoms with Gasteiger partial charge in [0.15, 0.2) is 5.96 Å². The minimum absolute atomic E-state index is 0.0324. The van der Waals surface area contributed by atoms with Crippen LogP contribution in [-0.4, -0.2) is 76.9 Å². The fourth-order valence-electron chi connectivity index (χ4n) is 1.75. The molecule has 0 radical (unpaired) electrons. The molecule has 1 rings (SSSR count). The lowest BCUT2D eigenvalue weighted by atomic mass is 10.2. The highest BCUT2D eigenvalue weighted by atomic mass is 16.5. The number of nitrogens with zero attached hydrogens (tertiary/aromatic N) is 2. The van der Waals surface area contributed by atoms with Gasteiger partial charge in [-0.3, -0.25) is 4.79 Å². The fraction of sp³-hybridized carbons (Fsp3) is 0.846. The van der Waals surface area contributed by atoms with Crippen molar-refractivity contribution in [2.75, 3.05) is 54.1 Å². The smallest absolute Gasteiger partial charge is 0.243 e. The van der Waals surface area contributed by atoms with Gasteiger partial charge in [-0.15, -0.1) is 0 Å². The number of nitrogens with one attached hydrogen (secondary N) is 2. The number of hydrogen-bond donors (Lipinski definition) is 2. The fourth-order valence-corrected chi connectivity index (χ4v) is 1.75. The van der Waals surface area contributed by atoms with Crippen LogP contribution in [0.5, 0.6) is 0 Å². The van der Waals surface area contributed by atoms with E-state index in [4.69, 9.17) is 9.47 Å². The highest BCUT2D eigenvalue weighted by Gasteiger charge is 2.15. The molecule has 1 unspecified atom stereocenters. The summed E-state index contributed by atoms with van der Waals surface area (Å²) in [6.07, 6.45) is 2.40. The van der Waals surface area contributed by atoms with Crippen molar-refractivity contribution in [1.82, 2.24) is 15.5 Å². The lowest BCUT2D eigenvalue weighted by molar-refractivity contribution is -0.127. The molecule has 1 aliphatic rings. The number of hydrogen-bond acceptors (Lipinski definition) is 4. The third-order valence-corrected chi connectivity index (χ3v) is 2.99. The SMILES string of the molecule is COCCNC(=NCC(=O)N(C)C)NCC1CCCO1. The lowest BCUT2D eigenvalue weighted by Gasteiger charge is -2.16. The largest absolute Gasteiger partial charge is 0.383 e. The maximum atomic E-state index is 11.6. The predicted molar refractivity (Wildman–Crippen MR) is 77.9 cm³/mol. The molecule has 1 saturated heterocycles. The Morgan fingerprint density at radius 2 is 2.25 bits per heavy atom. The van der Waals surface area contributed by atoms with E-state index in [0.717, 1.165) is 19.4 Å². The number of carbonyl (C=O) groups is 1. The highest BCUT2D eigenvalue weighted by molar-refractivity contribution is 5.84. The van der Waals surface area contributed by atoms with Crippen LogP contribution in [0.1, 0.15) is 12.8 Å². The van der Waals surface area contributed by atoms with Crippen molar-refractivity contribution in [3.05, 3.63) is 0 Å². The Labute approximate surface area is 120 Å². The van der Waals surface area contributed by atoms with Crippen molar-refractivity contribution in [2.24, 2.45) is 4.99 Å². The Hall–Kier alpha value is -1.34. The Morgan fingerprint density at radius 1 is 1.45 bits per heavy atom. The zero-order chi connectivity index (χ0) is 14.8. The molecular formula is C13H26N4O3. The summed E-state index contributed by atoms with van der Waals surface area (Å²) < 4.78 is 10.5. The lowest BCUT2D eigenvalue weighted by Crippen LogP contribution is -2.43. The topological polar surface area (TPSA) is 75.2 Å². The van der Waals surface area contributed by atoms with E-state index in [9.17, 15) is 4.79 Å². The maximum Gasteiger partial charge on any atom is 0.243 e. The first-order valence-corrected chi connectivity index (χ1v) is 6.96. The zero-order valence-corrected chi connectivity index (χ0v) is 12.6. The third kappa shape index (κ3) is 6.72. The molecule has 116 valence electrons. The number of guanidine groups is 1. The van der Waals surface area contributed by atoms with E-state index in [1.54, 1.807) is 21.2 Å². The van der Waals surface area contributed by atoms with Gasteiger partial charge in [0.25, 0.3) is 0 Å². The van der Waals surface area contributed by atoms with Gasteiger partial charge in [-0.1, -0.05) is 0 Å². The number of rotatable bonds is 7. The van der Waals surface area contributed by atoms with Crippen molar-refractivity contribution in [1.29, 1.82) is 0 Å². The summed E-state index contributed by atoms with van der Waals surface area (Å²) in [4.78, 5) is 17.3. The van der Waals surface area contributed by atoms with Crippen LogP contribution in [0.25, 0.3) is 0 Å². The van der Waals surface area contributed by atoms with Gasteiger partial charge >= 0.3 is 0 Å². The second kappa shape index (κ2) is 9.55. The summed E-state index contributed by atoms with van der Waals surface area (Å²) in [5, 5.41) is 6.33. The molecule has 1 fully saturated rings. The molecule has 0 aromatic rings. The summed E-state index contributed by atoms with van der Waals surface area (Å²) in [5.74, 6) is 0.586. The average molecular weight is 286 g/mol. The molecule has 0 aliphatic carbocycles. The molecule has 1 heterocycles. The minimum Gasteiger partial charge on any atom is -0.383 e. The molecule has 1 atom stereocenters. The van der Waals surface area contributed by atoms with E-state index in [2.05, 4.69) is 15.6 Å². The predicted octanol–water partition coefficient (Wildman–Crippen LogP) is -0.565. The van der Waals surface area contributed by atoms with Gasteiger partial charge in [0.2, 0.25) is 5.91 Å². The molecular weight excluding hydrogens is 260 g/mol. The summed E-state index contributed by atoms with van der Waals surface area (Å²) in [6.45, 7) is 2.89. The van der Waals surface area contributed by atoms with Gasteiger partial charge in [-0.05, 0) is 12.8 Å². The van der Waals surface area contributed by atoms with Crippen LogP contribution in [0, 0.1) is 0 Å². The second-order valence-corrected chi connectivity index (χ2v) is 4.89. The normalized spacial score (nSPS) is 18.9. The molecule has 0 spiro atoms. The average Bonchev–Trinajstić information content (AvgIpc) is 2.94. The first-order valence-electron chi connectivity index (χ1n) is 6.96. The summed E-state index contributed by atoms with van der Waals surface area (Å²) in [6, 6.07) is 0. The van der Waals surface area contributed by atoms with Crippen molar-refractivity contribution in [3.63, 3.8) is 0 Å². The Morgan fingerprint density at radius 3 is 2.85 bits per heavy atom. The number of methoxy groups -OCH3 is 1. The minimum atomic E-state index is -0.0324. The van der Waals surface area contributed by atoms with Crippen LogP contribution in [0.2, 0.25) is 0 Å². The zero-order valence-electron chi connectivity index (χ0n) is 12.6. The van der Waals surface area contributed by atoms with Crippen molar-refractivity contribution < 1.29 is 14.3 Å². The molecule has 0 saturated carbocycles. The summed E-state index contributed by atoms with van der Waals surface area (Å²) in [5.41, 5.74) is 0. The van der Waals surface area contributed by atoms with E-state index in [0.29, 0.717) is 25.7 Å². The Kier molecular flexibility index (Phi) is 7.98. The quantitative estimate of drug-likeness (QED) is 0.373. The van der Waals surface area contributed by atoms with Gasteiger partial charge in [0.05, 0.1) is 12.7 Å². The number of amides is 1. The molecule has 1 aliphatic heterocycles. The van der Waals surface area contributed by atoms with Crippen molar-refractivity contribution in [2.45, 2.75) is 18.9 Å². The van der Waals surface area contributed by atoms with E-state index in [1.165, 1.54) is 4.90 Å². The first-order chi connectivity index (χ1) is 9.63. The number of likely N-dealkylation sites (N-methyl/N-ethyl adjacent to an activating group) is 1. The summed E-state index contributed by atoms with van der Waals surface area (Å²) >= 11 is 0. The van der Waals surface area contributed by atoms with Gasteiger partial charge in [-0.25, -0.2) is 4.99 Å². The standard InChI is InChI=1S/C13H26N4O3/c1-17(2)12(18)10-16-13(14-6-8-19-3)15-9-11-5-4-7-20-11/h11H,4-10H2,1-3H3,(H2,14,15,16). The van der Waals surface area contributed by atoms with Gasteiger partial charge in [-0.2, -0.15) is 0 Å². The van der Waals surface area contributed by atoms with Crippen LogP contribution in [0.15, 0.2) is 4.99 Å². The first kappa shape index (κ1) is 16.7. The molecule has 0 aromatic carbocycles.